The van der Waals surface area contributed by atoms with E-state index in [1.165, 1.54) is 24.5 Å². The van der Waals surface area contributed by atoms with Gasteiger partial charge < -0.3 is 15.4 Å². The van der Waals surface area contributed by atoms with Gasteiger partial charge in [0.1, 0.15) is 5.82 Å². The van der Waals surface area contributed by atoms with Gasteiger partial charge in [0, 0.05) is 16.1 Å². The first-order valence-corrected chi connectivity index (χ1v) is 14.3. The number of fused-ring (bicyclic) bond motifs is 1. The monoisotopic (exact) mass is 563 g/mol. The summed E-state index contributed by atoms with van der Waals surface area (Å²) in [5.41, 5.74) is 6.19. The van der Waals surface area contributed by atoms with Crippen molar-refractivity contribution in [3.8, 4) is 22.5 Å². The molecule has 0 aliphatic heterocycles. The Hall–Kier alpha value is -4.42. The first-order valence-electron chi connectivity index (χ1n) is 13.9. The summed E-state index contributed by atoms with van der Waals surface area (Å²) in [6.45, 7) is 2.07. The van der Waals surface area contributed by atoms with Crippen LogP contribution in [0.15, 0.2) is 84.9 Å². The lowest BCUT2D eigenvalue weighted by Gasteiger charge is -2.19. The Morgan fingerprint density at radius 2 is 1.76 bits per heavy atom. The van der Waals surface area contributed by atoms with Gasteiger partial charge in [0.05, 0.1) is 22.6 Å². The van der Waals surface area contributed by atoms with E-state index in [0.29, 0.717) is 27.9 Å². The van der Waals surface area contributed by atoms with Crippen LogP contribution in [0.25, 0.3) is 33.5 Å². The van der Waals surface area contributed by atoms with Crippen molar-refractivity contribution in [1.29, 1.82) is 0 Å². The maximum Gasteiger partial charge on any atom is 0.336 e. The zero-order valence-electron chi connectivity index (χ0n) is 22.7. The number of aromatic nitrogens is 2. The van der Waals surface area contributed by atoms with Gasteiger partial charge in [-0.2, -0.15) is 0 Å². The lowest BCUT2D eigenvalue weighted by Crippen LogP contribution is -2.28. The molecule has 0 radical (unpaired) electrons. The number of aromatic amines is 1. The molecule has 0 bridgehead atoms. The van der Waals surface area contributed by atoms with Gasteiger partial charge in [0.25, 0.3) is 5.91 Å². The molecule has 1 amide bonds. The van der Waals surface area contributed by atoms with Gasteiger partial charge in [-0.05, 0) is 89.9 Å². The molecule has 5 aromatic rings. The topological polar surface area (TPSA) is 95.1 Å². The van der Waals surface area contributed by atoms with Crippen molar-refractivity contribution in [3.63, 3.8) is 0 Å². The number of hydrogen-bond donors (Lipinski definition) is 3. The number of imidazole rings is 1. The molecule has 6 nitrogen and oxygen atoms in total. The number of carbonyl (C=O) groups excluding carboxylic acids is 1. The highest BCUT2D eigenvalue weighted by Gasteiger charge is 2.25. The van der Waals surface area contributed by atoms with Crippen LogP contribution in [-0.4, -0.2) is 27.0 Å². The van der Waals surface area contributed by atoms with Crippen molar-refractivity contribution in [3.05, 3.63) is 112 Å². The van der Waals surface area contributed by atoms with Gasteiger partial charge in [-0.1, -0.05) is 67.4 Å². The van der Waals surface area contributed by atoms with Crippen LogP contribution >= 0.6 is 11.6 Å². The van der Waals surface area contributed by atoms with E-state index >= 15 is 0 Å². The number of H-pyrrole nitrogens is 1. The Morgan fingerprint density at radius 1 is 0.976 bits per heavy atom. The molecular formula is C34H30ClN3O3. The van der Waals surface area contributed by atoms with Crippen LogP contribution in [0, 0.1) is 0 Å². The first-order chi connectivity index (χ1) is 19.9. The molecule has 0 spiro atoms. The van der Waals surface area contributed by atoms with Crippen LogP contribution in [-0.2, 0) is 0 Å². The predicted molar refractivity (Wildman–Crippen MR) is 162 cm³/mol. The summed E-state index contributed by atoms with van der Waals surface area (Å²) in [6.07, 6.45) is 4.08. The maximum atomic E-state index is 13.3. The lowest BCUT2D eigenvalue weighted by atomic mass is 9.93. The highest BCUT2D eigenvalue weighted by atomic mass is 35.5. The largest absolute Gasteiger partial charge is 0.478 e. The van der Waals surface area contributed by atoms with Gasteiger partial charge in [-0.3, -0.25) is 4.79 Å². The third-order valence-electron chi connectivity index (χ3n) is 7.68. The molecule has 41 heavy (non-hydrogen) atoms. The van der Waals surface area contributed by atoms with Crippen molar-refractivity contribution in [2.24, 2.45) is 0 Å². The van der Waals surface area contributed by atoms with E-state index in [9.17, 15) is 14.7 Å². The number of carboxylic acid groups (broad SMARTS) is 1. The van der Waals surface area contributed by atoms with Crippen LogP contribution in [0.5, 0.6) is 0 Å². The Morgan fingerprint density at radius 3 is 2.49 bits per heavy atom. The van der Waals surface area contributed by atoms with Gasteiger partial charge in [0.2, 0.25) is 0 Å². The van der Waals surface area contributed by atoms with E-state index in [1.54, 1.807) is 24.3 Å². The number of hydrogen-bond acceptors (Lipinski definition) is 3. The molecule has 4 aromatic carbocycles. The van der Waals surface area contributed by atoms with E-state index in [1.807, 2.05) is 42.5 Å². The zero-order chi connectivity index (χ0) is 28.5. The summed E-state index contributed by atoms with van der Waals surface area (Å²) < 4.78 is 0. The van der Waals surface area contributed by atoms with Gasteiger partial charge in [-0.15, -0.1) is 0 Å². The van der Waals surface area contributed by atoms with Crippen LogP contribution < -0.4 is 5.32 Å². The quantitative estimate of drug-likeness (QED) is 0.168. The molecule has 1 atom stereocenters. The average Bonchev–Trinajstić information content (AvgIpc) is 3.75. The molecule has 1 saturated carbocycles. The minimum absolute atomic E-state index is 0.0139. The number of benzene rings is 4. The molecule has 206 valence electrons. The van der Waals surface area contributed by atoms with Crippen LogP contribution in [0.1, 0.15) is 76.4 Å². The molecule has 1 fully saturated rings. The number of nitrogens with one attached hydrogen (secondary N) is 2. The summed E-state index contributed by atoms with van der Waals surface area (Å²) in [6, 6.07) is 26.1. The molecule has 7 heteroatoms. The van der Waals surface area contributed by atoms with Crippen molar-refractivity contribution in [2.75, 3.05) is 0 Å². The average molecular weight is 564 g/mol. The number of carbonyl (C=O) groups is 2. The van der Waals surface area contributed by atoms with Crippen molar-refractivity contribution >= 4 is 34.5 Å². The molecule has 1 aliphatic rings. The normalized spacial score (nSPS) is 13.7. The fourth-order valence-corrected chi connectivity index (χ4v) is 5.57. The van der Waals surface area contributed by atoms with Crippen molar-refractivity contribution in [2.45, 2.75) is 44.6 Å². The number of aromatic carboxylic acids is 1. The van der Waals surface area contributed by atoms with Gasteiger partial charge >= 0.3 is 5.97 Å². The Kier molecular flexibility index (Phi) is 7.33. The third kappa shape index (κ3) is 5.61. The number of halogens is 1. The SMILES string of the molecule is CCCC(NC(=O)c1ccc(-c2cc(Cl)ccc2-c2nc3cc(C4CC4)ccc3[nH]2)c(C(=O)O)c1)c1ccccc1. The fraction of sp³-hybridized carbons (Fsp3) is 0.206. The molecule has 6 rings (SSSR count). The molecule has 3 N–H and O–H groups in total. The molecule has 1 aromatic heterocycles. The van der Waals surface area contributed by atoms with Crippen LogP contribution in [0.3, 0.4) is 0 Å². The summed E-state index contributed by atoms with van der Waals surface area (Å²) in [7, 11) is 0. The summed E-state index contributed by atoms with van der Waals surface area (Å²) in [5, 5.41) is 13.8. The van der Waals surface area contributed by atoms with Crippen LogP contribution in [0.4, 0.5) is 0 Å². The second-order valence-corrected chi connectivity index (χ2v) is 11.1. The minimum atomic E-state index is -1.13. The molecule has 1 unspecified atom stereocenters. The van der Waals surface area contributed by atoms with Crippen molar-refractivity contribution in [1.82, 2.24) is 15.3 Å². The second-order valence-electron chi connectivity index (χ2n) is 10.6. The van der Waals surface area contributed by atoms with Crippen molar-refractivity contribution < 1.29 is 14.7 Å². The Bertz CT molecular complexity index is 1760. The molecule has 1 heterocycles. The number of nitrogens with zero attached hydrogens (tertiary/aromatic N) is 1. The maximum absolute atomic E-state index is 13.3. The van der Waals surface area contributed by atoms with E-state index < -0.39 is 5.97 Å². The zero-order valence-corrected chi connectivity index (χ0v) is 23.4. The summed E-state index contributed by atoms with van der Waals surface area (Å²) in [5.74, 6) is -0.212. The fourth-order valence-electron chi connectivity index (χ4n) is 5.40. The molecular weight excluding hydrogens is 534 g/mol. The number of amides is 1. The van der Waals surface area contributed by atoms with Gasteiger partial charge in [0.15, 0.2) is 0 Å². The highest BCUT2D eigenvalue weighted by molar-refractivity contribution is 6.31. The first kappa shape index (κ1) is 26.8. The minimum Gasteiger partial charge on any atom is -0.478 e. The van der Waals surface area contributed by atoms with E-state index in [2.05, 4.69) is 29.4 Å². The summed E-state index contributed by atoms with van der Waals surface area (Å²) >= 11 is 6.41. The van der Waals surface area contributed by atoms with E-state index in [-0.39, 0.29) is 23.1 Å². The van der Waals surface area contributed by atoms with Gasteiger partial charge in [-0.25, -0.2) is 9.78 Å². The third-order valence-corrected chi connectivity index (χ3v) is 7.91. The molecule has 0 saturated heterocycles. The summed E-state index contributed by atoms with van der Waals surface area (Å²) in [4.78, 5) is 34.1. The van der Waals surface area contributed by atoms with E-state index in [0.717, 1.165) is 35.0 Å². The standard InChI is InChI=1S/C34H30ClN3O3/c1-2-6-29(21-7-4-3-5-8-21)38-33(39)23-11-14-25(28(17-23)34(40)41)27-19-24(35)13-15-26(27)32-36-30-16-12-22(20-9-10-20)18-31(30)37-32/h3-5,7-8,11-20,29H,2,6,9-10H2,1H3,(H,36,37)(H,38,39)(H,40,41). The Labute approximate surface area is 243 Å². The van der Waals surface area contributed by atoms with Crippen LogP contribution in [0.2, 0.25) is 5.02 Å². The molecule has 1 aliphatic carbocycles. The predicted octanol–water partition coefficient (Wildman–Crippen LogP) is 8.40. The highest BCUT2D eigenvalue weighted by Crippen LogP contribution is 2.41. The van der Waals surface area contributed by atoms with E-state index in [4.69, 9.17) is 16.6 Å². The number of rotatable bonds is 9. The number of carboxylic acids is 1. The lowest BCUT2D eigenvalue weighted by molar-refractivity contribution is 0.0697. The Balaban J connectivity index is 1.37. The second kappa shape index (κ2) is 11.2. The smallest absolute Gasteiger partial charge is 0.336 e.